The van der Waals surface area contributed by atoms with E-state index in [0.29, 0.717) is 6.54 Å². The molecule has 0 fully saturated rings. The van der Waals surface area contributed by atoms with Crippen LogP contribution >= 0.6 is 11.3 Å². The van der Waals surface area contributed by atoms with Crippen LogP contribution in [0.25, 0.3) is 5.65 Å². The molecule has 0 bridgehead atoms. The van der Waals surface area contributed by atoms with Gasteiger partial charge < -0.3 is 14.4 Å². The maximum atomic E-state index is 13.0. The number of carbonyl (C=O) groups excluding carboxylic acids is 1. The molecule has 0 aromatic carbocycles. The van der Waals surface area contributed by atoms with Gasteiger partial charge in [0.25, 0.3) is 0 Å². The molecule has 0 saturated carbocycles. The number of aromatic nitrogens is 2. The molecule has 1 N–H and O–H groups in total. The highest BCUT2D eigenvalue weighted by Gasteiger charge is 2.23. The van der Waals surface area contributed by atoms with E-state index in [1.54, 1.807) is 22.4 Å². The fourth-order valence-electron chi connectivity index (χ4n) is 2.98. The smallest absolute Gasteiger partial charge is 0.229 e. The highest BCUT2D eigenvalue weighted by Crippen LogP contribution is 2.20. The molecule has 3 aromatic rings. The lowest BCUT2D eigenvalue weighted by molar-refractivity contribution is -0.134. The first-order valence-electron chi connectivity index (χ1n) is 8.49. The number of rotatable bonds is 7. The number of hydrogen-bond acceptors (Lipinski definition) is 4. The summed E-state index contributed by atoms with van der Waals surface area (Å²) in [6, 6.07) is 9.72. The number of pyridine rings is 1. The van der Waals surface area contributed by atoms with Gasteiger partial charge in [-0.05, 0) is 37.6 Å². The summed E-state index contributed by atoms with van der Waals surface area (Å²) in [5.41, 5.74) is 1.70. The van der Waals surface area contributed by atoms with E-state index in [-0.39, 0.29) is 25.0 Å². The number of nitrogens with zero attached hydrogens (tertiary/aromatic N) is 3. The Morgan fingerprint density at radius 2 is 2.20 bits per heavy atom. The van der Waals surface area contributed by atoms with E-state index in [0.717, 1.165) is 22.6 Å². The van der Waals surface area contributed by atoms with Crippen LogP contribution in [0.15, 0.2) is 42.7 Å². The summed E-state index contributed by atoms with van der Waals surface area (Å²) in [6.45, 7) is 4.56. The summed E-state index contributed by atoms with van der Waals surface area (Å²) >= 11 is 1.69. The minimum atomic E-state index is -0.172. The third-order valence-electron chi connectivity index (χ3n) is 4.39. The van der Waals surface area contributed by atoms with Crippen LogP contribution in [0.5, 0.6) is 0 Å². The van der Waals surface area contributed by atoms with Gasteiger partial charge >= 0.3 is 0 Å². The highest BCUT2D eigenvalue weighted by atomic mass is 32.1. The fourth-order valence-corrected chi connectivity index (χ4v) is 3.87. The lowest BCUT2D eigenvalue weighted by Crippen LogP contribution is -2.42. The molecule has 6 heteroatoms. The summed E-state index contributed by atoms with van der Waals surface area (Å²) in [7, 11) is 0. The molecular formula is C19H23N3O2S. The first-order chi connectivity index (χ1) is 12.1. The molecule has 0 aliphatic carbocycles. The first-order valence-corrected chi connectivity index (χ1v) is 9.30. The van der Waals surface area contributed by atoms with Crippen molar-refractivity contribution in [3.8, 4) is 0 Å². The van der Waals surface area contributed by atoms with Gasteiger partial charge in [-0.15, -0.1) is 11.3 Å². The number of aliphatic hydroxyl groups excluding tert-OH is 1. The van der Waals surface area contributed by atoms with Crippen molar-refractivity contribution in [2.75, 3.05) is 6.61 Å². The molecule has 3 rings (SSSR count). The Bertz CT molecular complexity index is 851. The van der Waals surface area contributed by atoms with Crippen molar-refractivity contribution in [3.05, 3.63) is 58.2 Å². The van der Waals surface area contributed by atoms with Crippen LogP contribution in [0, 0.1) is 6.92 Å². The van der Waals surface area contributed by atoms with Crippen molar-refractivity contribution >= 4 is 22.9 Å². The second kappa shape index (κ2) is 7.80. The summed E-state index contributed by atoms with van der Waals surface area (Å²) in [5, 5.41) is 9.72. The van der Waals surface area contributed by atoms with Crippen LogP contribution in [-0.4, -0.2) is 37.9 Å². The molecular weight excluding hydrogens is 334 g/mol. The molecule has 1 amide bonds. The second-order valence-corrected chi connectivity index (χ2v) is 7.51. The van der Waals surface area contributed by atoms with Gasteiger partial charge in [-0.25, -0.2) is 4.98 Å². The van der Waals surface area contributed by atoms with Gasteiger partial charge in [-0.3, -0.25) is 4.79 Å². The predicted molar refractivity (Wildman–Crippen MR) is 99.7 cm³/mol. The maximum absolute atomic E-state index is 13.0. The van der Waals surface area contributed by atoms with Gasteiger partial charge in [0.05, 0.1) is 31.3 Å². The van der Waals surface area contributed by atoms with E-state index >= 15 is 0 Å². The Hall–Kier alpha value is -2.18. The van der Waals surface area contributed by atoms with Crippen molar-refractivity contribution in [3.63, 3.8) is 0 Å². The van der Waals surface area contributed by atoms with Gasteiger partial charge in [0.2, 0.25) is 5.91 Å². The molecule has 1 unspecified atom stereocenters. The lowest BCUT2D eigenvalue weighted by atomic mass is 10.1. The van der Waals surface area contributed by atoms with E-state index in [4.69, 9.17) is 0 Å². The van der Waals surface area contributed by atoms with Crippen LogP contribution in [0.2, 0.25) is 0 Å². The van der Waals surface area contributed by atoms with Crippen LogP contribution in [0.4, 0.5) is 0 Å². The zero-order chi connectivity index (χ0) is 17.8. The van der Waals surface area contributed by atoms with E-state index in [9.17, 15) is 9.90 Å². The maximum Gasteiger partial charge on any atom is 0.229 e. The van der Waals surface area contributed by atoms with Crippen LogP contribution in [0.1, 0.15) is 28.8 Å². The number of aliphatic hydroxyl groups is 1. The Morgan fingerprint density at radius 3 is 2.88 bits per heavy atom. The molecule has 0 aliphatic heterocycles. The molecule has 3 heterocycles. The molecule has 25 heavy (non-hydrogen) atoms. The minimum absolute atomic E-state index is 0.0117. The standard InChI is InChI=1S/C19H23N3O2S/c1-3-15(13-23)22(12-17-8-7-14(2)25-17)19(24)10-16-11-20-18-6-4-5-9-21(16)18/h4-9,11,15,23H,3,10,12-13H2,1-2H3. The summed E-state index contributed by atoms with van der Waals surface area (Å²) < 4.78 is 1.94. The number of imidazole rings is 1. The number of fused-ring (bicyclic) bond motifs is 1. The van der Waals surface area contributed by atoms with Gasteiger partial charge in [0.15, 0.2) is 0 Å². The number of aryl methyl sites for hydroxylation is 1. The highest BCUT2D eigenvalue weighted by molar-refractivity contribution is 7.11. The fraction of sp³-hybridized carbons (Fsp3) is 0.368. The normalized spacial score (nSPS) is 12.4. The largest absolute Gasteiger partial charge is 0.394 e. The van der Waals surface area contributed by atoms with E-state index in [2.05, 4.69) is 24.0 Å². The Kier molecular flexibility index (Phi) is 5.50. The zero-order valence-corrected chi connectivity index (χ0v) is 15.4. The summed E-state index contributed by atoms with van der Waals surface area (Å²) in [4.78, 5) is 21.5. The van der Waals surface area contributed by atoms with Crippen LogP contribution < -0.4 is 0 Å². The number of amides is 1. The molecule has 0 aliphatic rings. The Balaban J connectivity index is 1.82. The van der Waals surface area contributed by atoms with E-state index in [1.165, 1.54) is 4.88 Å². The molecule has 0 saturated heterocycles. The topological polar surface area (TPSA) is 57.8 Å². The Morgan fingerprint density at radius 1 is 1.36 bits per heavy atom. The average molecular weight is 357 g/mol. The second-order valence-electron chi connectivity index (χ2n) is 6.13. The van der Waals surface area contributed by atoms with Gasteiger partial charge in [0, 0.05) is 22.1 Å². The molecule has 132 valence electrons. The van der Waals surface area contributed by atoms with Crippen molar-refractivity contribution in [1.82, 2.24) is 14.3 Å². The average Bonchev–Trinajstić information content (AvgIpc) is 3.21. The molecule has 3 aromatic heterocycles. The SMILES string of the molecule is CCC(CO)N(Cc1ccc(C)s1)C(=O)Cc1cnc2ccccn12. The third kappa shape index (κ3) is 3.91. The Labute approximate surface area is 151 Å². The van der Waals surface area contributed by atoms with Crippen molar-refractivity contribution in [1.29, 1.82) is 0 Å². The van der Waals surface area contributed by atoms with Crippen molar-refractivity contribution in [2.24, 2.45) is 0 Å². The summed E-state index contributed by atoms with van der Waals surface area (Å²) in [6.07, 6.45) is 4.66. The molecule has 0 spiro atoms. The predicted octanol–water partition coefficient (Wildman–Crippen LogP) is 3.05. The van der Waals surface area contributed by atoms with Gasteiger partial charge in [-0.1, -0.05) is 13.0 Å². The van der Waals surface area contributed by atoms with Gasteiger partial charge in [0.1, 0.15) is 5.65 Å². The number of thiophene rings is 1. The molecule has 1 atom stereocenters. The molecule has 0 radical (unpaired) electrons. The number of hydrogen-bond donors (Lipinski definition) is 1. The monoisotopic (exact) mass is 357 g/mol. The third-order valence-corrected chi connectivity index (χ3v) is 5.38. The quantitative estimate of drug-likeness (QED) is 0.707. The van der Waals surface area contributed by atoms with Crippen LogP contribution in [0.3, 0.4) is 0 Å². The number of carbonyl (C=O) groups is 1. The minimum Gasteiger partial charge on any atom is -0.394 e. The van der Waals surface area contributed by atoms with Crippen molar-refractivity contribution < 1.29 is 9.90 Å². The lowest BCUT2D eigenvalue weighted by Gasteiger charge is -2.29. The van der Waals surface area contributed by atoms with Gasteiger partial charge in [-0.2, -0.15) is 0 Å². The van der Waals surface area contributed by atoms with Crippen LogP contribution in [-0.2, 0) is 17.8 Å². The zero-order valence-electron chi connectivity index (χ0n) is 14.6. The van der Waals surface area contributed by atoms with E-state index in [1.807, 2.05) is 35.7 Å². The summed E-state index contributed by atoms with van der Waals surface area (Å²) in [5.74, 6) is 0.0117. The molecule has 5 nitrogen and oxygen atoms in total. The van der Waals surface area contributed by atoms with E-state index < -0.39 is 0 Å². The van der Waals surface area contributed by atoms with Crippen molar-refractivity contribution in [2.45, 2.75) is 39.3 Å². The first kappa shape index (κ1) is 17.6.